The van der Waals surface area contributed by atoms with Crippen molar-refractivity contribution in [3.05, 3.63) is 16.1 Å². The van der Waals surface area contributed by atoms with Gasteiger partial charge in [-0.25, -0.2) is 4.98 Å². The summed E-state index contributed by atoms with van der Waals surface area (Å²) in [5.74, 6) is 0.770. The van der Waals surface area contributed by atoms with E-state index in [1.165, 1.54) is 6.42 Å². The minimum atomic E-state index is -4.38. The lowest BCUT2D eigenvalue weighted by Gasteiger charge is -2.35. The Morgan fingerprint density at radius 3 is 2.76 bits per heavy atom. The van der Waals surface area contributed by atoms with Crippen molar-refractivity contribution in [2.24, 2.45) is 4.99 Å². The average Bonchev–Trinajstić information content (AvgIpc) is 3.21. The highest BCUT2D eigenvalue weighted by atomic mass is 32.1. The minimum absolute atomic E-state index is 0.236. The third-order valence-corrected chi connectivity index (χ3v) is 6.12. The van der Waals surface area contributed by atoms with Gasteiger partial charge < -0.3 is 19.7 Å². The van der Waals surface area contributed by atoms with Crippen LogP contribution in [0.3, 0.4) is 0 Å². The second-order valence-corrected chi connectivity index (χ2v) is 8.30. The van der Waals surface area contributed by atoms with Gasteiger partial charge in [-0.15, -0.1) is 11.3 Å². The molecular weight excluding hydrogens is 405 g/mol. The summed E-state index contributed by atoms with van der Waals surface area (Å²) in [4.78, 5) is 10.1. The van der Waals surface area contributed by atoms with E-state index in [0.717, 1.165) is 68.1 Å². The summed E-state index contributed by atoms with van der Waals surface area (Å²) in [6.45, 7) is 3.68. The number of hydrogen-bond donors (Lipinski definition) is 1. The molecule has 0 amide bonds. The Balaban J connectivity index is 1.36. The molecule has 3 heterocycles. The summed E-state index contributed by atoms with van der Waals surface area (Å²) < 4.78 is 49.6. The maximum atomic E-state index is 12.6. The average molecular weight is 435 g/mol. The standard InChI is InChI=1S/C19H29F3N4O2S/c1-23-18(24-8-5-17-25-16(13-29-17)19(20,21)22)26-9-6-14(7-10-26)28-12-15-4-2-3-11-27-15/h13-15H,2-12H2,1H3,(H,23,24). The highest BCUT2D eigenvalue weighted by Gasteiger charge is 2.33. The summed E-state index contributed by atoms with van der Waals surface area (Å²) in [6, 6.07) is 0. The van der Waals surface area contributed by atoms with Crippen LogP contribution in [0, 0.1) is 0 Å². The maximum Gasteiger partial charge on any atom is 0.434 e. The monoisotopic (exact) mass is 434 g/mol. The van der Waals surface area contributed by atoms with Crippen LogP contribution in [0.5, 0.6) is 0 Å². The van der Waals surface area contributed by atoms with Crippen molar-refractivity contribution in [1.29, 1.82) is 0 Å². The van der Waals surface area contributed by atoms with E-state index in [4.69, 9.17) is 9.47 Å². The molecule has 1 aromatic heterocycles. The molecule has 0 aliphatic carbocycles. The highest BCUT2D eigenvalue weighted by Crippen LogP contribution is 2.30. The molecule has 1 N–H and O–H groups in total. The highest BCUT2D eigenvalue weighted by molar-refractivity contribution is 7.09. The predicted molar refractivity (Wildman–Crippen MR) is 106 cm³/mol. The Morgan fingerprint density at radius 2 is 2.14 bits per heavy atom. The third kappa shape index (κ3) is 6.82. The van der Waals surface area contributed by atoms with Gasteiger partial charge in [0, 0.05) is 45.1 Å². The number of alkyl halides is 3. The van der Waals surface area contributed by atoms with Gasteiger partial charge in [-0.1, -0.05) is 0 Å². The first-order chi connectivity index (χ1) is 14.0. The molecule has 2 aliphatic heterocycles. The molecule has 0 bridgehead atoms. The zero-order valence-corrected chi connectivity index (χ0v) is 17.5. The smallest absolute Gasteiger partial charge is 0.376 e. The molecule has 2 fully saturated rings. The van der Waals surface area contributed by atoms with E-state index in [1.807, 2.05) is 0 Å². The van der Waals surface area contributed by atoms with E-state index in [1.54, 1.807) is 7.05 Å². The van der Waals surface area contributed by atoms with Crippen molar-refractivity contribution in [3.63, 3.8) is 0 Å². The molecule has 6 nitrogen and oxygen atoms in total. The minimum Gasteiger partial charge on any atom is -0.376 e. The first-order valence-electron chi connectivity index (χ1n) is 10.2. The zero-order valence-electron chi connectivity index (χ0n) is 16.7. The molecule has 0 radical (unpaired) electrons. The SMILES string of the molecule is CN=C(NCCc1nc(C(F)(F)F)cs1)N1CCC(OCC2CCCCO2)CC1. The number of piperidine rings is 1. The van der Waals surface area contributed by atoms with Gasteiger partial charge in [0.2, 0.25) is 0 Å². The first-order valence-corrected chi connectivity index (χ1v) is 11.0. The van der Waals surface area contributed by atoms with Crippen LogP contribution < -0.4 is 5.32 Å². The number of aromatic nitrogens is 1. The number of ether oxygens (including phenoxy) is 2. The van der Waals surface area contributed by atoms with E-state index < -0.39 is 11.9 Å². The Labute approximate surface area is 173 Å². The van der Waals surface area contributed by atoms with E-state index in [-0.39, 0.29) is 12.2 Å². The van der Waals surface area contributed by atoms with Crippen molar-refractivity contribution >= 4 is 17.3 Å². The number of halogens is 3. The van der Waals surface area contributed by atoms with Crippen LogP contribution in [0.4, 0.5) is 13.2 Å². The number of aliphatic imine (C=N–C) groups is 1. The number of nitrogens with one attached hydrogen (secondary N) is 1. The molecule has 0 saturated carbocycles. The molecule has 2 aliphatic rings. The molecule has 10 heteroatoms. The number of hydrogen-bond acceptors (Lipinski definition) is 5. The largest absolute Gasteiger partial charge is 0.434 e. The van der Waals surface area contributed by atoms with Gasteiger partial charge in [-0.05, 0) is 32.1 Å². The van der Waals surface area contributed by atoms with Crippen LogP contribution in [0.2, 0.25) is 0 Å². The van der Waals surface area contributed by atoms with Crippen molar-refractivity contribution in [2.45, 2.75) is 56.9 Å². The number of guanidine groups is 1. The van der Waals surface area contributed by atoms with Crippen LogP contribution in [0.15, 0.2) is 10.4 Å². The molecule has 0 spiro atoms. The van der Waals surface area contributed by atoms with E-state index >= 15 is 0 Å². The van der Waals surface area contributed by atoms with Crippen LogP contribution in [0.1, 0.15) is 42.8 Å². The van der Waals surface area contributed by atoms with Gasteiger partial charge in [-0.3, -0.25) is 4.99 Å². The molecule has 29 heavy (non-hydrogen) atoms. The van der Waals surface area contributed by atoms with Crippen molar-refractivity contribution in [1.82, 2.24) is 15.2 Å². The first kappa shape index (κ1) is 22.3. The molecule has 1 unspecified atom stereocenters. The molecule has 3 rings (SSSR count). The number of nitrogens with zero attached hydrogens (tertiary/aromatic N) is 3. The molecule has 1 atom stereocenters. The van der Waals surface area contributed by atoms with Crippen LogP contribution in [0.25, 0.3) is 0 Å². The Morgan fingerprint density at radius 1 is 1.34 bits per heavy atom. The van der Waals surface area contributed by atoms with E-state index in [2.05, 4.69) is 20.2 Å². The summed E-state index contributed by atoms with van der Waals surface area (Å²) in [7, 11) is 1.72. The summed E-state index contributed by atoms with van der Waals surface area (Å²) in [6.07, 6.45) is 1.82. The van der Waals surface area contributed by atoms with Gasteiger partial charge >= 0.3 is 6.18 Å². The van der Waals surface area contributed by atoms with Gasteiger partial charge in [0.15, 0.2) is 11.7 Å². The molecule has 2 saturated heterocycles. The summed E-state index contributed by atoms with van der Waals surface area (Å²) in [5.41, 5.74) is -0.817. The quantitative estimate of drug-likeness (QED) is 0.550. The lowest BCUT2D eigenvalue weighted by molar-refractivity contribution is -0.140. The van der Waals surface area contributed by atoms with E-state index in [0.29, 0.717) is 24.6 Å². The fraction of sp³-hybridized carbons (Fsp3) is 0.789. The normalized spacial score (nSPS) is 22.1. The number of likely N-dealkylation sites (tertiary alicyclic amines) is 1. The summed E-state index contributed by atoms with van der Waals surface area (Å²) in [5, 5.41) is 4.77. The maximum absolute atomic E-state index is 12.6. The topological polar surface area (TPSA) is 59.0 Å². The third-order valence-electron chi connectivity index (χ3n) is 5.21. The second-order valence-electron chi connectivity index (χ2n) is 7.36. The lowest BCUT2D eigenvalue weighted by atomic mass is 10.1. The van der Waals surface area contributed by atoms with Gasteiger partial charge in [0.25, 0.3) is 0 Å². The number of rotatable bonds is 6. The predicted octanol–water partition coefficient (Wildman–Crippen LogP) is 3.33. The fourth-order valence-electron chi connectivity index (χ4n) is 3.59. The fourth-order valence-corrected chi connectivity index (χ4v) is 4.39. The summed E-state index contributed by atoms with van der Waals surface area (Å²) >= 11 is 1.04. The number of thiazole rings is 1. The zero-order chi connectivity index (χ0) is 20.7. The van der Waals surface area contributed by atoms with E-state index in [9.17, 15) is 13.2 Å². The van der Waals surface area contributed by atoms with Crippen LogP contribution >= 0.6 is 11.3 Å². The van der Waals surface area contributed by atoms with Crippen molar-refractivity contribution in [3.8, 4) is 0 Å². The van der Waals surface area contributed by atoms with Crippen molar-refractivity contribution < 1.29 is 22.6 Å². The second kappa shape index (κ2) is 10.6. The van der Waals surface area contributed by atoms with Gasteiger partial charge in [-0.2, -0.15) is 13.2 Å². The Bertz CT molecular complexity index is 654. The molecule has 0 aromatic carbocycles. The molecule has 1 aromatic rings. The molecule has 164 valence electrons. The lowest BCUT2D eigenvalue weighted by Crippen LogP contribution is -2.47. The molecular formula is C19H29F3N4O2S. The Kier molecular flexibility index (Phi) is 8.14. The van der Waals surface area contributed by atoms with Crippen molar-refractivity contribution in [2.75, 3.05) is 39.9 Å². The van der Waals surface area contributed by atoms with Gasteiger partial charge in [0.1, 0.15) is 0 Å². The van der Waals surface area contributed by atoms with Crippen LogP contribution in [-0.4, -0.2) is 67.9 Å². The Hall–Kier alpha value is -1.39. The van der Waals surface area contributed by atoms with Crippen LogP contribution in [-0.2, 0) is 22.1 Å². The van der Waals surface area contributed by atoms with Gasteiger partial charge in [0.05, 0.1) is 23.8 Å².